The number of aromatic nitrogens is 2. The third-order valence-corrected chi connectivity index (χ3v) is 7.39. The molecule has 1 aliphatic rings. The molecule has 9 heteroatoms. The molecule has 1 saturated heterocycles. The van der Waals surface area contributed by atoms with Gasteiger partial charge in [-0.1, -0.05) is 42.5 Å². The van der Waals surface area contributed by atoms with E-state index >= 15 is 0 Å². The third kappa shape index (κ3) is 5.33. The summed E-state index contributed by atoms with van der Waals surface area (Å²) in [6, 6.07) is 19.2. The molecule has 0 aliphatic carbocycles. The average Bonchev–Trinajstić information content (AvgIpc) is 3.47. The molecule has 0 spiro atoms. The Bertz CT molecular complexity index is 1360. The van der Waals surface area contributed by atoms with E-state index in [0.29, 0.717) is 26.5 Å². The molecule has 5 rings (SSSR count). The van der Waals surface area contributed by atoms with E-state index in [4.69, 9.17) is 4.74 Å². The largest absolute Gasteiger partial charge is 0.379 e. The summed E-state index contributed by atoms with van der Waals surface area (Å²) >= 11 is 1.28. The van der Waals surface area contributed by atoms with Gasteiger partial charge in [0, 0.05) is 25.2 Å². The van der Waals surface area contributed by atoms with E-state index in [1.54, 1.807) is 6.07 Å². The molecule has 4 aromatic rings. The first kappa shape index (κ1) is 24.2. The number of aromatic amines is 1. The number of hydrogen-bond donors (Lipinski definition) is 3. The van der Waals surface area contributed by atoms with Gasteiger partial charge < -0.3 is 15.4 Å². The van der Waals surface area contributed by atoms with Gasteiger partial charge >= 0.3 is 0 Å². The van der Waals surface area contributed by atoms with E-state index in [1.807, 2.05) is 68.4 Å². The summed E-state index contributed by atoms with van der Waals surface area (Å²) in [5, 5.41) is 13.9. The van der Waals surface area contributed by atoms with Gasteiger partial charge in [0.25, 0.3) is 11.8 Å². The van der Waals surface area contributed by atoms with Crippen LogP contribution in [0.3, 0.4) is 0 Å². The summed E-state index contributed by atoms with van der Waals surface area (Å²) in [7, 11) is 0. The minimum Gasteiger partial charge on any atom is -0.379 e. The van der Waals surface area contributed by atoms with Gasteiger partial charge in [-0.2, -0.15) is 5.10 Å². The number of H-pyrrole nitrogens is 1. The van der Waals surface area contributed by atoms with Crippen LogP contribution in [0.5, 0.6) is 0 Å². The van der Waals surface area contributed by atoms with Gasteiger partial charge in [0.1, 0.15) is 10.6 Å². The maximum absolute atomic E-state index is 13.0. The Morgan fingerprint density at radius 2 is 1.78 bits per heavy atom. The molecule has 0 bridgehead atoms. The minimum atomic E-state index is -0.531. The Balaban J connectivity index is 1.25. The van der Waals surface area contributed by atoms with Crippen LogP contribution in [0.4, 0.5) is 5.82 Å². The van der Waals surface area contributed by atoms with E-state index in [-0.39, 0.29) is 11.8 Å². The molecule has 186 valence electrons. The first-order valence-electron chi connectivity index (χ1n) is 12.0. The molecule has 0 atom stereocenters. The van der Waals surface area contributed by atoms with Crippen molar-refractivity contribution in [3.05, 3.63) is 82.2 Å². The van der Waals surface area contributed by atoms with E-state index in [0.717, 1.165) is 44.0 Å². The summed E-state index contributed by atoms with van der Waals surface area (Å²) in [5.41, 5.74) is 2.20. The van der Waals surface area contributed by atoms with E-state index in [1.165, 1.54) is 11.3 Å². The van der Waals surface area contributed by atoms with Crippen molar-refractivity contribution in [3.63, 3.8) is 0 Å². The quantitative estimate of drug-likeness (QED) is 0.348. The fraction of sp³-hybridized carbons (Fsp3) is 0.296. The maximum atomic E-state index is 13.0. The maximum Gasteiger partial charge on any atom is 0.262 e. The molecule has 36 heavy (non-hydrogen) atoms. The Morgan fingerprint density at radius 3 is 2.50 bits per heavy atom. The number of anilines is 1. The Hall–Kier alpha value is -3.53. The van der Waals surface area contributed by atoms with Crippen LogP contribution in [0.1, 0.15) is 45.0 Å². The van der Waals surface area contributed by atoms with Gasteiger partial charge in [0.05, 0.1) is 29.0 Å². The highest BCUT2D eigenvalue weighted by molar-refractivity contribution is 7.20. The number of amides is 2. The molecule has 0 unspecified atom stereocenters. The summed E-state index contributed by atoms with van der Waals surface area (Å²) in [6.07, 6.45) is 0. The lowest BCUT2D eigenvalue weighted by molar-refractivity contribution is 0.0342. The lowest BCUT2D eigenvalue weighted by Crippen LogP contribution is -2.40. The zero-order valence-corrected chi connectivity index (χ0v) is 21.2. The van der Waals surface area contributed by atoms with E-state index in [9.17, 15) is 9.59 Å². The number of morpholine rings is 1. The van der Waals surface area contributed by atoms with Gasteiger partial charge in [0.2, 0.25) is 0 Å². The number of thiophene rings is 1. The second-order valence-corrected chi connectivity index (χ2v) is 10.4. The molecular formula is C27H29N5O3S. The highest BCUT2D eigenvalue weighted by Crippen LogP contribution is 2.30. The lowest BCUT2D eigenvalue weighted by atomic mass is 9.94. The van der Waals surface area contributed by atoms with Gasteiger partial charge in [0.15, 0.2) is 0 Å². The molecule has 3 N–H and O–H groups in total. The topological polar surface area (TPSA) is 99.4 Å². The standard InChI is InChI=1S/C27H29N5O3S/c1-27(2,20-6-4-3-5-7-20)29-25(34)22-16-21-23(30-31-26(21)36-22)28-24(33)19-10-8-18(9-11-19)17-32-12-14-35-15-13-32/h3-11,16H,12-15,17H2,1-2H3,(H,29,34)(H2,28,30,31,33). The SMILES string of the molecule is CC(C)(NC(=O)c1cc2c(NC(=O)c3ccc(CN4CCOCC4)cc3)[nH]nc2s1)c1ccccc1. The predicted molar refractivity (Wildman–Crippen MR) is 141 cm³/mol. The second-order valence-electron chi connectivity index (χ2n) is 9.41. The summed E-state index contributed by atoms with van der Waals surface area (Å²) < 4.78 is 5.40. The second kappa shape index (κ2) is 10.2. The number of nitrogens with zero attached hydrogens (tertiary/aromatic N) is 2. The number of benzene rings is 2. The highest BCUT2D eigenvalue weighted by atomic mass is 32.1. The molecule has 0 radical (unpaired) electrons. The number of carbonyl (C=O) groups is 2. The number of fused-ring (bicyclic) bond motifs is 1. The van der Waals surface area contributed by atoms with Crippen LogP contribution < -0.4 is 10.6 Å². The van der Waals surface area contributed by atoms with Crippen LogP contribution in [0.2, 0.25) is 0 Å². The Morgan fingerprint density at radius 1 is 1.06 bits per heavy atom. The van der Waals surface area contributed by atoms with Crippen molar-refractivity contribution in [1.29, 1.82) is 0 Å². The van der Waals surface area contributed by atoms with Crippen LogP contribution in [0, 0.1) is 0 Å². The molecule has 2 aromatic carbocycles. The number of hydrogen-bond acceptors (Lipinski definition) is 6. The smallest absolute Gasteiger partial charge is 0.262 e. The van der Waals surface area contributed by atoms with E-state index < -0.39 is 5.54 Å². The van der Waals surface area contributed by atoms with Crippen molar-refractivity contribution >= 4 is 39.2 Å². The van der Waals surface area contributed by atoms with Crippen molar-refractivity contribution in [2.24, 2.45) is 0 Å². The van der Waals surface area contributed by atoms with Crippen LogP contribution in [0.25, 0.3) is 10.2 Å². The zero-order chi connectivity index (χ0) is 25.1. The van der Waals surface area contributed by atoms with Gasteiger partial charge in [-0.3, -0.25) is 19.6 Å². The molecule has 0 saturated carbocycles. The first-order chi connectivity index (χ1) is 17.4. The van der Waals surface area contributed by atoms with Gasteiger partial charge in [-0.05, 0) is 43.2 Å². The zero-order valence-electron chi connectivity index (χ0n) is 20.3. The molecular weight excluding hydrogens is 474 g/mol. The van der Waals surface area contributed by atoms with E-state index in [2.05, 4.69) is 25.7 Å². The number of rotatable bonds is 7. The average molecular weight is 504 g/mol. The summed E-state index contributed by atoms with van der Waals surface area (Å²) in [4.78, 5) is 29.4. The van der Waals surface area contributed by atoms with Crippen LogP contribution in [-0.2, 0) is 16.8 Å². The van der Waals surface area contributed by atoms with Crippen molar-refractivity contribution in [2.75, 3.05) is 31.6 Å². The third-order valence-electron chi connectivity index (χ3n) is 6.36. The molecule has 2 aromatic heterocycles. The number of carbonyl (C=O) groups excluding carboxylic acids is 2. The fourth-order valence-corrected chi connectivity index (χ4v) is 5.15. The van der Waals surface area contributed by atoms with Crippen LogP contribution in [0.15, 0.2) is 60.7 Å². The van der Waals surface area contributed by atoms with Gasteiger partial charge in [-0.25, -0.2) is 0 Å². The fourth-order valence-electron chi connectivity index (χ4n) is 4.25. The summed E-state index contributed by atoms with van der Waals surface area (Å²) in [6.45, 7) is 8.14. The van der Waals surface area contributed by atoms with Gasteiger partial charge in [-0.15, -0.1) is 11.3 Å². The lowest BCUT2D eigenvalue weighted by Gasteiger charge is -2.26. The number of nitrogens with one attached hydrogen (secondary N) is 3. The number of ether oxygens (including phenoxy) is 1. The van der Waals surface area contributed by atoms with Crippen LogP contribution >= 0.6 is 11.3 Å². The molecule has 3 heterocycles. The Kier molecular flexibility index (Phi) is 6.86. The molecule has 1 aliphatic heterocycles. The normalized spacial score (nSPS) is 14.6. The monoisotopic (exact) mass is 503 g/mol. The predicted octanol–water partition coefficient (Wildman–Crippen LogP) is 4.37. The highest BCUT2D eigenvalue weighted by Gasteiger charge is 2.25. The molecule has 8 nitrogen and oxygen atoms in total. The molecule has 2 amide bonds. The first-order valence-corrected chi connectivity index (χ1v) is 12.8. The molecule has 1 fully saturated rings. The van der Waals surface area contributed by atoms with Crippen LogP contribution in [-0.4, -0.2) is 53.2 Å². The minimum absolute atomic E-state index is 0.181. The van der Waals surface area contributed by atoms with Crippen molar-refractivity contribution in [3.8, 4) is 0 Å². The van der Waals surface area contributed by atoms with Crippen molar-refractivity contribution < 1.29 is 14.3 Å². The van der Waals surface area contributed by atoms with Crippen molar-refractivity contribution in [1.82, 2.24) is 20.4 Å². The summed E-state index contributed by atoms with van der Waals surface area (Å²) in [5.74, 6) is 0.0610. The van der Waals surface area contributed by atoms with Crippen molar-refractivity contribution in [2.45, 2.75) is 25.9 Å². The Labute approximate surface area is 213 Å².